The van der Waals surface area contributed by atoms with E-state index < -0.39 is 4.92 Å². The van der Waals surface area contributed by atoms with Crippen LogP contribution in [0.25, 0.3) is 0 Å². The molecule has 0 amide bonds. The lowest BCUT2D eigenvalue weighted by Crippen LogP contribution is -2.03. The van der Waals surface area contributed by atoms with Crippen LogP contribution >= 0.6 is 0 Å². The molecule has 5 heteroatoms. The average molecular weight is 223 g/mol. The zero-order valence-corrected chi connectivity index (χ0v) is 9.64. The summed E-state index contributed by atoms with van der Waals surface area (Å²) in [7, 11) is 0. The van der Waals surface area contributed by atoms with Crippen LogP contribution in [0.3, 0.4) is 0 Å². The molecule has 88 valence electrons. The van der Waals surface area contributed by atoms with Gasteiger partial charge in [-0.25, -0.2) is 0 Å². The highest BCUT2D eigenvalue weighted by Crippen LogP contribution is 2.11. The van der Waals surface area contributed by atoms with Gasteiger partial charge in [-0.1, -0.05) is 13.8 Å². The van der Waals surface area contributed by atoms with Gasteiger partial charge in [-0.05, 0) is 34.7 Å². The third-order valence-corrected chi connectivity index (χ3v) is 2.22. The fourth-order valence-electron chi connectivity index (χ4n) is 1.34. The highest BCUT2D eigenvalue weighted by Gasteiger charge is 2.05. The first-order valence-electron chi connectivity index (χ1n) is 5.44. The number of anilines is 1. The predicted octanol–water partition coefficient (Wildman–Crippen LogP) is 2.84. The highest BCUT2D eigenvalue weighted by atomic mass is 16.6. The maximum atomic E-state index is 10.4. The van der Waals surface area contributed by atoms with E-state index in [4.69, 9.17) is 0 Å². The second-order valence-corrected chi connectivity index (χ2v) is 4.13. The Labute approximate surface area is 95.0 Å². The first kappa shape index (κ1) is 12.4. The summed E-state index contributed by atoms with van der Waals surface area (Å²) in [5, 5.41) is 13.6. The molecule has 1 aromatic heterocycles. The minimum Gasteiger partial charge on any atom is -0.382 e. The number of nitro groups is 1. The van der Waals surface area contributed by atoms with Crippen LogP contribution in [0.5, 0.6) is 0 Å². The van der Waals surface area contributed by atoms with Gasteiger partial charge in [0.05, 0.1) is 5.69 Å². The number of rotatable bonds is 6. The summed E-state index contributed by atoms with van der Waals surface area (Å²) in [4.78, 5) is 13.6. The quantitative estimate of drug-likeness (QED) is 0.457. The van der Waals surface area contributed by atoms with E-state index >= 15 is 0 Å². The first-order valence-corrected chi connectivity index (χ1v) is 5.44. The number of nitrogens with one attached hydrogen (secondary N) is 1. The third-order valence-electron chi connectivity index (χ3n) is 2.22. The van der Waals surface area contributed by atoms with E-state index in [9.17, 15) is 10.1 Å². The van der Waals surface area contributed by atoms with Crippen LogP contribution in [0.1, 0.15) is 26.7 Å². The molecule has 0 bridgehead atoms. The van der Waals surface area contributed by atoms with Crippen molar-refractivity contribution in [1.82, 2.24) is 4.98 Å². The van der Waals surface area contributed by atoms with Crippen molar-refractivity contribution >= 4 is 11.5 Å². The average Bonchev–Trinajstić information content (AvgIpc) is 2.25. The fraction of sp³-hybridized carbons (Fsp3) is 0.545. The van der Waals surface area contributed by atoms with Gasteiger partial charge in [0, 0.05) is 12.6 Å². The van der Waals surface area contributed by atoms with Crippen molar-refractivity contribution in [3.05, 3.63) is 28.4 Å². The summed E-state index contributed by atoms with van der Waals surface area (Å²) in [5.41, 5.74) is 0.828. The fourth-order valence-corrected chi connectivity index (χ4v) is 1.34. The lowest BCUT2D eigenvalue weighted by molar-refractivity contribution is -0.389. The highest BCUT2D eigenvalue weighted by molar-refractivity contribution is 5.43. The van der Waals surface area contributed by atoms with Crippen LogP contribution in [0.4, 0.5) is 11.5 Å². The van der Waals surface area contributed by atoms with Crippen LogP contribution in [0.2, 0.25) is 0 Å². The maximum absolute atomic E-state index is 10.4. The lowest BCUT2D eigenvalue weighted by atomic mass is 10.1. The molecule has 1 aromatic rings. The molecule has 0 fully saturated rings. The monoisotopic (exact) mass is 223 g/mol. The number of hydrogen-bond acceptors (Lipinski definition) is 4. The lowest BCUT2D eigenvalue weighted by Gasteiger charge is -2.06. The molecule has 16 heavy (non-hydrogen) atoms. The zero-order valence-electron chi connectivity index (χ0n) is 9.64. The van der Waals surface area contributed by atoms with Gasteiger partial charge in [0.2, 0.25) is 0 Å². The normalized spacial score (nSPS) is 10.4. The van der Waals surface area contributed by atoms with Crippen molar-refractivity contribution in [2.24, 2.45) is 5.92 Å². The van der Waals surface area contributed by atoms with E-state index in [0.29, 0.717) is 5.92 Å². The van der Waals surface area contributed by atoms with Gasteiger partial charge in [-0.15, -0.1) is 0 Å². The molecule has 1 N–H and O–H groups in total. The van der Waals surface area contributed by atoms with E-state index in [1.165, 1.54) is 18.7 Å². The molecule has 1 rings (SSSR count). The predicted molar refractivity (Wildman–Crippen MR) is 63.5 cm³/mol. The Morgan fingerprint density at radius 1 is 1.50 bits per heavy atom. The molecule has 0 unspecified atom stereocenters. The third kappa shape index (κ3) is 4.25. The van der Waals surface area contributed by atoms with Crippen molar-refractivity contribution in [3.8, 4) is 0 Å². The van der Waals surface area contributed by atoms with Crippen LogP contribution in [0.15, 0.2) is 18.3 Å². The molecule has 0 atom stereocenters. The van der Waals surface area contributed by atoms with Gasteiger partial charge >= 0.3 is 5.82 Å². The molecule has 0 aliphatic heterocycles. The minimum atomic E-state index is -0.497. The molecule has 0 aliphatic carbocycles. The van der Waals surface area contributed by atoms with Gasteiger partial charge in [-0.3, -0.25) is 0 Å². The van der Waals surface area contributed by atoms with Crippen LogP contribution in [-0.4, -0.2) is 16.5 Å². The van der Waals surface area contributed by atoms with Crippen LogP contribution < -0.4 is 5.32 Å². The van der Waals surface area contributed by atoms with Gasteiger partial charge in [0.15, 0.2) is 6.20 Å². The molecule has 0 radical (unpaired) electrons. The van der Waals surface area contributed by atoms with Gasteiger partial charge in [0.25, 0.3) is 0 Å². The Morgan fingerprint density at radius 2 is 2.25 bits per heavy atom. The molecule has 0 aliphatic rings. The molecular formula is C11H17N3O2. The smallest absolute Gasteiger partial charge is 0.363 e. The number of hydrogen-bond donors (Lipinski definition) is 1. The van der Waals surface area contributed by atoms with Crippen molar-refractivity contribution in [1.29, 1.82) is 0 Å². The van der Waals surface area contributed by atoms with Gasteiger partial charge in [-0.2, -0.15) is 0 Å². The van der Waals surface area contributed by atoms with Crippen molar-refractivity contribution in [2.45, 2.75) is 26.7 Å². The second kappa shape index (κ2) is 6.05. The summed E-state index contributed by atoms with van der Waals surface area (Å²) in [5.74, 6) is 0.588. The molecule has 5 nitrogen and oxygen atoms in total. The maximum Gasteiger partial charge on any atom is 0.363 e. The first-order chi connectivity index (χ1) is 7.59. The van der Waals surface area contributed by atoms with E-state index in [1.807, 2.05) is 0 Å². The zero-order chi connectivity index (χ0) is 12.0. The van der Waals surface area contributed by atoms with E-state index in [0.717, 1.165) is 18.7 Å². The molecule has 0 aromatic carbocycles. The standard InChI is InChI=1S/C11H17N3O2/c1-9(2)4-3-7-12-10-5-6-11(13-8-10)14(15)16/h5-6,8-9,12H,3-4,7H2,1-2H3. The molecular weight excluding hydrogens is 206 g/mol. The summed E-state index contributed by atoms with van der Waals surface area (Å²) >= 11 is 0. The largest absolute Gasteiger partial charge is 0.382 e. The van der Waals surface area contributed by atoms with E-state index in [1.54, 1.807) is 6.07 Å². The Balaban J connectivity index is 2.35. The summed E-state index contributed by atoms with van der Waals surface area (Å²) < 4.78 is 0. The Morgan fingerprint density at radius 3 is 2.75 bits per heavy atom. The van der Waals surface area contributed by atoms with Crippen molar-refractivity contribution in [3.63, 3.8) is 0 Å². The van der Waals surface area contributed by atoms with Crippen LogP contribution in [0, 0.1) is 16.0 Å². The van der Waals surface area contributed by atoms with Crippen molar-refractivity contribution < 1.29 is 4.92 Å². The Hall–Kier alpha value is -1.65. The Kier molecular flexibility index (Phi) is 4.69. The topological polar surface area (TPSA) is 68.1 Å². The second-order valence-electron chi connectivity index (χ2n) is 4.13. The van der Waals surface area contributed by atoms with Crippen LogP contribution in [-0.2, 0) is 0 Å². The van der Waals surface area contributed by atoms with Crippen molar-refractivity contribution in [2.75, 3.05) is 11.9 Å². The minimum absolute atomic E-state index is 0.118. The SMILES string of the molecule is CC(C)CCCNc1ccc([N+](=O)[O-])nc1. The number of pyridine rings is 1. The van der Waals surface area contributed by atoms with Gasteiger partial charge < -0.3 is 15.4 Å². The molecule has 0 saturated carbocycles. The molecule has 0 spiro atoms. The summed E-state index contributed by atoms with van der Waals surface area (Å²) in [6.45, 7) is 5.25. The summed E-state index contributed by atoms with van der Waals surface area (Å²) in [6, 6.07) is 3.09. The number of nitrogens with zero attached hydrogens (tertiary/aromatic N) is 2. The summed E-state index contributed by atoms with van der Waals surface area (Å²) in [6.07, 6.45) is 3.76. The molecule has 1 heterocycles. The van der Waals surface area contributed by atoms with E-state index in [-0.39, 0.29) is 5.82 Å². The number of aromatic nitrogens is 1. The Bertz CT molecular complexity index is 336. The molecule has 0 saturated heterocycles. The van der Waals surface area contributed by atoms with E-state index in [2.05, 4.69) is 24.1 Å². The van der Waals surface area contributed by atoms with Gasteiger partial charge in [0.1, 0.15) is 0 Å².